The van der Waals surface area contributed by atoms with Crippen molar-refractivity contribution in [2.24, 2.45) is 24.8 Å². The zero-order valence-corrected chi connectivity index (χ0v) is 13.0. The third kappa shape index (κ3) is 4.08. The van der Waals surface area contributed by atoms with E-state index in [4.69, 9.17) is 0 Å². The van der Waals surface area contributed by atoms with Gasteiger partial charge in [-0.05, 0) is 30.2 Å². The molecule has 0 aliphatic heterocycles. The second kappa shape index (κ2) is 6.73. The van der Waals surface area contributed by atoms with Gasteiger partial charge in [-0.3, -0.25) is 9.48 Å². The van der Waals surface area contributed by atoms with Gasteiger partial charge < -0.3 is 5.32 Å². The summed E-state index contributed by atoms with van der Waals surface area (Å²) in [6.45, 7) is 11.6. The molecule has 0 aromatic carbocycles. The molecular formula is C15H27N3O. The minimum absolute atomic E-state index is 0.0269. The normalized spacial score (nSPS) is 11.6. The summed E-state index contributed by atoms with van der Waals surface area (Å²) < 4.78 is 1.66. The Bertz CT molecular complexity index is 413. The molecule has 4 heteroatoms. The summed E-state index contributed by atoms with van der Waals surface area (Å²) in [7, 11) is 1.82. The van der Waals surface area contributed by atoms with Gasteiger partial charge in [0.05, 0.1) is 5.69 Å². The van der Waals surface area contributed by atoms with Crippen LogP contribution in [0.2, 0.25) is 0 Å². The van der Waals surface area contributed by atoms with Crippen molar-refractivity contribution in [3.63, 3.8) is 0 Å². The number of hydrogen-bond acceptors (Lipinski definition) is 2. The van der Waals surface area contributed by atoms with Gasteiger partial charge in [0.1, 0.15) is 5.69 Å². The summed E-state index contributed by atoms with van der Waals surface area (Å²) in [5.41, 5.74) is 1.60. The summed E-state index contributed by atoms with van der Waals surface area (Å²) in [5, 5.41) is 7.34. The molecule has 0 fully saturated rings. The number of carbonyl (C=O) groups is 1. The molecule has 1 rings (SSSR count). The van der Waals surface area contributed by atoms with Crippen molar-refractivity contribution in [1.29, 1.82) is 0 Å². The summed E-state index contributed by atoms with van der Waals surface area (Å²) >= 11 is 0. The second-order valence-electron chi connectivity index (χ2n) is 5.86. The molecule has 0 atom stereocenters. The highest BCUT2D eigenvalue weighted by Crippen LogP contribution is 2.19. The fraction of sp³-hybridized carbons (Fsp3) is 0.733. The molecule has 108 valence electrons. The number of aryl methyl sites for hydroxylation is 2. The minimum atomic E-state index is -0.0269. The first kappa shape index (κ1) is 15.7. The molecule has 0 spiro atoms. The van der Waals surface area contributed by atoms with E-state index in [9.17, 15) is 4.79 Å². The van der Waals surface area contributed by atoms with E-state index in [0.717, 1.165) is 18.7 Å². The Kier molecular flexibility index (Phi) is 5.58. The van der Waals surface area contributed by atoms with Gasteiger partial charge in [0.15, 0.2) is 0 Å². The maximum Gasteiger partial charge on any atom is 0.269 e. The highest BCUT2D eigenvalue weighted by atomic mass is 16.2. The third-order valence-corrected chi connectivity index (χ3v) is 3.74. The van der Waals surface area contributed by atoms with E-state index in [2.05, 4.69) is 38.1 Å². The van der Waals surface area contributed by atoms with Crippen LogP contribution in [0.1, 0.15) is 50.8 Å². The predicted molar refractivity (Wildman–Crippen MR) is 78.1 cm³/mol. The van der Waals surface area contributed by atoms with Gasteiger partial charge in [-0.25, -0.2) is 0 Å². The Labute approximate surface area is 116 Å². The smallest absolute Gasteiger partial charge is 0.269 e. The molecule has 0 aliphatic carbocycles. The first-order valence-electron chi connectivity index (χ1n) is 7.17. The third-order valence-electron chi connectivity index (χ3n) is 3.74. The number of hydrogen-bond donors (Lipinski definition) is 1. The summed E-state index contributed by atoms with van der Waals surface area (Å²) in [6, 6.07) is 1.87. The average Bonchev–Trinajstić information content (AvgIpc) is 2.69. The molecule has 0 saturated carbocycles. The van der Waals surface area contributed by atoms with Crippen LogP contribution >= 0.6 is 0 Å². The fourth-order valence-corrected chi connectivity index (χ4v) is 2.45. The van der Waals surface area contributed by atoms with Crippen LogP contribution in [0.25, 0.3) is 0 Å². The summed E-state index contributed by atoms with van der Waals surface area (Å²) in [5.74, 6) is 1.61. The first-order chi connectivity index (χ1) is 8.86. The topological polar surface area (TPSA) is 46.9 Å². The molecule has 1 aromatic rings. The van der Waals surface area contributed by atoms with Crippen LogP contribution in [0.5, 0.6) is 0 Å². The van der Waals surface area contributed by atoms with Crippen molar-refractivity contribution in [3.05, 3.63) is 17.5 Å². The van der Waals surface area contributed by atoms with E-state index in [-0.39, 0.29) is 5.91 Å². The van der Waals surface area contributed by atoms with Crippen LogP contribution in [-0.4, -0.2) is 22.2 Å². The maximum atomic E-state index is 12.2. The van der Waals surface area contributed by atoms with Gasteiger partial charge in [0.25, 0.3) is 5.91 Å². The van der Waals surface area contributed by atoms with Crippen molar-refractivity contribution >= 4 is 5.91 Å². The molecule has 0 saturated heterocycles. The largest absolute Gasteiger partial charge is 0.350 e. The van der Waals surface area contributed by atoms with Crippen molar-refractivity contribution in [3.8, 4) is 0 Å². The second-order valence-corrected chi connectivity index (χ2v) is 5.86. The Morgan fingerprint density at radius 2 is 1.89 bits per heavy atom. The van der Waals surface area contributed by atoms with E-state index in [1.807, 2.05) is 20.0 Å². The minimum Gasteiger partial charge on any atom is -0.350 e. The van der Waals surface area contributed by atoms with Crippen LogP contribution in [0.4, 0.5) is 0 Å². The van der Waals surface area contributed by atoms with Gasteiger partial charge in [-0.2, -0.15) is 5.10 Å². The van der Waals surface area contributed by atoms with Crippen LogP contribution < -0.4 is 5.32 Å². The number of nitrogens with zero attached hydrogens (tertiary/aromatic N) is 2. The maximum absolute atomic E-state index is 12.2. The molecule has 1 amide bonds. The predicted octanol–water partition coefficient (Wildman–Crippen LogP) is 2.64. The SMILES string of the molecule is CCc1cc(C(=O)NCC(C(C)C)C(C)C)n(C)n1. The van der Waals surface area contributed by atoms with Gasteiger partial charge in [0, 0.05) is 13.6 Å². The van der Waals surface area contributed by atoms with E-state index in [0.29, 0.717) is 23.4 Å². The van der Waals surface area contributed by atoms with Crippen LogP contribution in [0.3, 0.4) is 0 Å². The Balaban J connectivity index is 2.66. The lowest BCUT2D eigenvalue weighted by Crippen LogP contribution is -2.34. The molecular weight excluding hydrogens is 238 g/mol. The zero-order valence-electron chi connectivity index (χ0n) is 13.0. The lowest BCUT2D eigenvalue weighted by atomic mass is 9.85. The van der Waals surface area contributed by atoms with E-state index in [1.54, 1.807) is 4.68 Å². The van der Waals surface area contributed by atoms with E-state index >= 15 is 0 Å². The zero-order chi connectivity index (χ0) is 14.6. The molecule has 0 bridgehead atoms. The van der Waals surface area contributed by atoms with Crippen LogP contribution in [-0.2, 0) is 13.5 Å². The Morgan fingerprint density at radius 1 is 1.32 bits per heavy atom. The van der Waals surface area contributed by atoms with Crippen LogP contribution in [0.15, 0.2) is 6.07 Å². The highest BCUT2D eigenvalue weighted by Gasteiger charge is 2.19. The van der Waals surface area contributed by atoms with Crippen molar-refractivity contribution < 1.29 is 4.79 Å². The number of carbonyl (C=O) groups excluding carboxylic acids is 1. The standard InChI is InChI=1S/C15H27N3O/c1-7-12-8-14(18(6)17-12)15(19)16-9-13(10(2)3)11(4)5/h8,10-11,13H,7,9H2,1-6H3,(H,16,19). The number of rotatable bonds is 6. The molecule has 0 unspecified atom stereocenters. The highest BCUT2D eigenvalue weighted by molar-refractivity contribution is 5.92. The van der Waals surface area contributed by atoms with Gasteiger partial charge >= 0.3 is 0 Å². The van der Waals surface area contributed by atoms with Crippen molar-refractivity contribution in [1.82, 2.24) is 15.1 Å². The van der Waals surface area contributed by atoms with Crippen LogP contribution in [0, 0.1) is 17.8 Å². The molecule has 1 N–H and O–H groups in total. The fourth-order valence-electron chi connectivity index (χ4n) is 2.45. The Morgan fingerprint density at radius 3 is 2.32 bits per heavy atom. The van der Waals surface area contributed by atoms with E-state index < -0.39 is 0 Å². The molecule has 1 heterocycles. The molecule has 1 aromatic heterocycles. The quantitative estimate of drug-likeness (QED) is 0.859. The van der Waals surface area contributed by atoms with E-state index in [1.165, 1.54) is 0 Å². The van der Waals surface area contributed by atoms with Gasteiger partial charge in [-0.15, -0.1) is 0 Å². The lowest BCUT2D eigenvalue weighted by molar-refractivity contribution is 0.0927. The monoisotopic (exact) mass is 265 g/mol. The number of aromatic nitrogens is 2. The number of nitrogens with one attached hydrogen (secondary N) is 1. The first-order valence-corrected chi connectivity index (χ1v) is 7.17. The van der Waals surface area contributed by atoms with Gasteiger partial charge in [-0.1, -0.05) is 34.6 Å². The lowest BCUT2D eigenvalue weighted by Gasteiger charge is -2.25. The molecule has 19 heavy (non-hydrogen) atoms. The average molecular weight is 265 g/mol. The van der Waals surface area contributed by atoms with Crippen molar-refractivity contribution in [2.75, 3.05) is 6.54 Å². The summed E-state index contributed by atoms with van der Waals surface area (Å²) in [6.07, 6.45) is 0.849. The molecule has 4 nitrogen and oxygen atoms in total. The molecule has 0 radical (unpaired) electrons. The summed E-state index contributed by atoms with van der Waals surface area (Å²) in [4.78, 5) is 12.2. The Hall–Kier alpha value is -1.32. The van der Waals surface area contributed by atoms with Gasteiger partial charge in [0.2, 0.25) is 0 Å². The van der Waals surface area contributed by atoms with Crippen molar-refractivity contribution in [2.45, 2.75) is 41.0 Å². The molecule has 0 aliphatic rings. The number of amides is 1.